The van der Waals surface area contributed by atoms with Crippen molar-refractivity contribution in [2.75, 3.05) is 19.7 Å². The average Bonchev–Trinajstić information content (AvgIpc) is 3.14. The molecule has 3 nitrogen and oxygen atoms in total. The van der Waals surface area contributed by atoms with E-state index < -0.39 is 0 Å². The minimum atomic E-state index is -0.0492. The Labute approximate surface area is 358 Å². The van der Waals surface area contributed by atoms with Gasteiger partial charge in [-0.05, 0) is 123 Å². The molecule has 6 aromatic carbocycles. The predicted molar refractivity (Wildman–Crippen MR) is 249 cm³/mol. The maximum atomic E-state index is 12.4. The first-order valence-corrected chi connectivity index (χ1v) is 20.8. The molecule has 0 unspecified atom stereocenters. The van der Waals surface area contributed by atoms with Crippen LogP contribution >= 0.6 is 75.8 Å². The zero-order chi connectivity index (χ0) is 39.6. The summed E-state index contributed by atoms with van der Waals surface area (Å²) in [7, 11) is 0. The lowest BCUT2D eigenvalue weighted by molar-refractivity contribution is -0.133. The normalized spacial score (nSPS) is 11.5. The van der Waals surface area contributed by atoms with Gasteiger partial charge in [-0.2, -0.15) is 0 Å². The minimum absolute atomic E-state index is 0.0237. The Kier molecular flexibility index (Phi) is 13.1. The van der Waals surface area contributed by atoms with Crippen molar-refractivity contribution >= 4 is 81.7 Å². The third-order valence-electron chi connectivity index (χ3n) is 9.84. The Morgan fingerprint density at radius 2 is 0.818 bits per heavy atom. The SMILES string of the molecule is CCN(CC)C(=O)COc1ccc(-c2ccc(-c3ccc(-c4ccc(-c5ccc(-c6ccc(C(C)(C)C)cc6S)cc5S)cc4S)cc3S)cc2S)cc1S. The standard InChI is InChI=1S/C46H45NO2S6/c1-6-47(7-2)45(48)26-49-38-19-12-31(24-44(38)55)36-17-10-29(22-42(36)53)34-15-8-27(20-40(34)51)33-14-9-28(21-39(33)50)35-16-11-30(23-41(35)52)37-18-13-32(25-43(37)54)46(3,4)5/h8-25,50-55H,6-7,26H2,1-5H3. The van der Waals surface area contributed by atoms with Crippen LogP contribution in [0.25, 0.3) is 55.6 Å². The van der Waals surface area contributed by atoms with E-state index in [-0.39, 0.29) is 17.9 Å². The molecule has 0 saturated carbocycles. The van der Waals surface area contributed by atoms with Gasteiger partial charge in [0, 0.05) is 42.5 Å². The highest BCUT2D eigenvalue weighted by molar-refractivity contribution is 7.81. The average molecular weight is 836 g/mol. The number of rotatable bonds is 10. The first kappa shape index (κ1) is 41.3. The predicted octanol–water partition coefficient (Wildman–Crippen LogP) is 13.3. The molecule has 0 atom stereocenters. The van der Waals surface area contributed by atoms with Gasteiger partial charge in [0.2, 0.25) is 0 Å². The maximum absolute atomic E-state index is 12.4. The number of carbonyl (C=O) groups excluding carboxylic acids is 1. The van der Waals surface area contributed by atoms with Gasteiger partial charge in [-0.25, -0.2) is 0 Å². The number of benzene rings is 6. The van der Waals surface area contributed by atoms with Gasteiger partial charge < -0.3 is 9.64 Å². The number of hydrogen-bond donors (Lipinski definition) is 6. The second-order valence-electron chi connectivity index (χ2n) is 14.4. The molecule has 6 rings (SSSR count). The number of ether oxygens (including phenoxy) is 1. The number of nitrogens with zero attached hydrogens (tertiary/aromatic N) is 1. The summed E-state index contributed by atoms with van der Waals surface area (Å²) in [4.78, 5) is 19.2. The van der Waals surface area contributed by atoms with Gasteiger partial charge in [0.25, 0.3) is 5.91 Å². The fraction of sp³-hybridized carbons (Fsp3) is 0.196. The van der Waals surface area contributed by atoms with E-state index >= 15 is 0 Å². The van der Waals surface area contributed by atoms with Crippen LogP contribution < -0.4 is 4.74 Å². The smallest absolute Gasteiger partial charge is 0.260 e. The van der Waals surface area contributed by atoms with E-state index in [0.717, 1.165) is 80.1 Å². The van der Waals surface area contributed by atoms with Gasteiger partial charge in [-0.15, -0.1) is 75.8 Å². The summed E-state index contributed by atoms with van der Waals surface area (Å²) >= 11 is 29.1. The summed E-state index contributed by atoms with van der Waals surface area (Å²) in [6.45, 7) is 11.8. The van der Waals surface area contributed by atoms with Gasteiger partial charge in [-0.3, -0.25) is 4.79 Å². The molecule has 55 heavy (non-hydrogen) atoms. The van der Waals surface area contributed by atoms with Gasteiger partial charge in [-0.1, -0.05) is 87.5 Å². The van der Waals surface area contributed by atoms with Crippen LogP contribution in [0, 0.1) is 0 Å². The Morgan fingerprint density at radius 1 is 0.491 bits per heavy atom. The fourth-order valence-electron chi connectivity index (χ4n) is 6.63. The monoisotopic (exact) mass is 835 g/mol. The molecule has 0 heterocycles. The second-order valence-corrected chi connectivity index (χ2v) is 17.3. The molecule has 0 saturated heterocycles. The first-order valence-electron chi connectivity index (χ1n) is 18.1. The molecule has 0 radical (unpaired) electrons. The molecule has 9 heteroatoms. The summed E-state index contributed by atoms with van der Waals surface area (Å²) in [6.07, 6.45) is 0. The Bertz CT molecular complexity index is 2400. The molecule has 6 aromatic rings. The highest BCUT2D eigenvalue weighted by Crippen LogP contribution is 2.40. The molecule has 0 aliphatic carbocycles. The van der Waals surface area contributed by atoms with Crippen molar-refractivity contribution in [1.82, 2.24) is 4.90 Å². The number of carbonyl (C=O) groups is 1. The first-order chi connectivity index (χ1) is 26.2. The Balaban J connectivity index is 1.18. The number of likely N-dealkylation sites (N-methyl/N-ethyl adjacent to an activating group) is 1. The topological polar surface area (TPSA) is 29.5 Å². The van der Waals surface area contributed by atoms with Crippen molar-refractivity contribution in [3.05, 3.63) is 115 Å². The van der Waals surface area contributed by atoms with E-state index in [0.29, 0.717) is 23.7 Å². The van der Waals surface area contributed by atoms with Gasteiger partial charge in [0.1, 0.15) is 5.75 Å². The van der Waals surface area contributed by atoms with Crippen molar-refractivity contribution in [1.29, 1.82) is 0 Å². The largest absolute Gasteiger partial charge is 0.483 e. The molecule has 0 aliphatic heterocycles. The Hall–Kier alpha value is -3.31. The van der Waals surface area contributed by atoms with Crippen LogP contribution in [0.1, 0.15) is 40.2 Å². The summed E-state index contributed by atoms with van der Waals surface area (Å²) in [5.41, 5.74) is 11.5. The molecule has 1 amide bonds. The lowest BCUT2D eigenvalue weighted by Gasteiger charge is -2.20. The summed E-state index contributed by atoms with van der Waals surface area (Å²) < 4.78 is 5.80. The molecule has 0 spiro atoms. The molecular weight excluding hydrogens is 791 g/mol. The minimum Gasteiger partial charge on any atom is -0.483 e. The summed E-state index contributed by atoms with van der Waals surface area (Å²) in [6, 6.07) is 37.3. The van der Waals surface area contributed by atoms with Gasteiger partial charge in [0.15, 0.2) is 6.61 Å². The van der Waals surface area contributed by atoms with Crippen molar-refractivity contribution in [3.8, 4) is 61.4 Å². The van der Waals surface area contributed by atoms with E-state index in [1.165, 1.54) is 5.56 Å². The van der Waals surface area contributed by atoms with Crippen LogP contribution in [0.3, 0.4) is 0 Å². The van der Waals surface area contributed by atoms with Gasteiger partial charge in [0.05, 0.1) is 0 Å². The number of hydrogen-bond acceptors (Lipinski definition) is 8. The van der Waals surface area contributed by atoms with E-state index in [2.05, 4.69) is 124 Å². The fourth-order valence-corrected chi connectivity index (χ4v) is 8.62. The molecule has 0 bridgehead atoms. The van der Waals surface area contributed by atoms with Crippen molar-refractivity contribution in [3.63, 3.8) is 0 Å². The molecular formula is C46H45NO2S6. The quantitative estimate of drug-likeness (QED) is 0.0777. The summed E-state index contributed by atoms with van der Waals surface area (Å²) in [5, 5.41) is 0. The summed E-state index contributed by atoms with van der Waals surface area (Å²) in [5.74, 6) is 0.516. The lowest BCUT2D eigenvalue weighted by Crippen LogP contribution is -2.34. The highest BCUT2D eigenvalue weighted by Gasteiger charge is 2.17. The second kappa shape index (κ2) is 17.5. The van der Waals surface area contributed by atoms with E-state index in [1.54, 1.807) is 4.90 Å². The van der Waals surface area contributed by atoms with Crippen LogP contribution in [0.2, 0.25) is 0 Å². The molecule has 0 aromatic heterocycles. The van der Waals surface area contributed by atoms with Crippen molar-refractivity contribution in [2.24, 2.45) is 0 Å². The van der Waals surface area contributed by atoms with Crippen LogP contribution in [-0.2, 0) is 10.2 Å². The van der Waals surface area contributed by atoms with Gasteiger partial charge >= 0.3 is 0 Å². The Morgan fingerprint density at radius 3 is 1.13 bits per heavy atom. The molecule has 0 fully saturated rings. The molecule has 0 aliphatic rings. The van der Waals surface area contributed by atoms with Crippen LogP contribution in [0.5, 0.6) is 5.75 Å². The maximum Gasteiger partial charge on any atom is 0.260 e. The zero-order valence-electron chi connectivity index (χ0n) is 31.5. The van der Waals surface area contributed by atoms with E-state index in [4.69, 9.17) is 67.9 Å². The van der Waals surface area contributed by atoms with Crippen LogP contribution in [-0.4, -0.2) is 30.5 Å². The number of amides is 1. The zero-order valence-corrected chi connectivity index (χ0v) is 36.8. The molecule has 0 N–H and O–H groups in total. The van der Waals surface area contributed by atoms with Crippen LogP contribution in [0.4, 0.5) is 0 Å². The van der Waals surface area contributed by atoms with Crippen molar-refractivity contribution < 1.29 is 9.53 Å². The highest BCUT2D eigenvalue weighted by atomic mass is 32.1. The van der Waals surface area contributed by atoms with E-state index in [1.807, 2.05) is 32.0 Å². The third-order valence-corrected chi connectivity index (χ3v) is 12.0. The van der Waals surface area contributed by atoms with Crippen LogP contribution in [0.15, 0.2) is 139 Å². The van der Waals surface area contributed by atoms with E-state index in [9.17, 15) is 4.79 Å². The number of thiol groups is 6. The molecule has 282 valence electrons. The lowest BCUT2D eigenvalue weighted by atomic mass is 9.86. The third kappa shape index (κ3) is 9.30. The van der Waals surface area contributed by atoms with Crippen molar-refractivity contribution in [2.45, 2.75) is 69.4 Å².